The summed E-state index contributed by atoms with van der Waals surface area (Å²) < 4.78 is 11.2. The largest absolute Gasteiger partial charge is 0.375 e. The monoisotopic (exact) mass is 142 g/mol. The molecular weight excluding hydrogens is 128 g/mol. The summed E-state index contributed by atoms with van der Waals surface area (Å²) in [4.78, 5) is 0. The van der Waals surface area contributed by atoms with Gasteiger partial charge in [0.15, 0.2) is 0 Å². The maximum atomic E-state index is 5.65. The molecule has 0 saturated carbocycles. The average Bonchev–Trinajstić information content (AvgIpc) is 2.36. The Hall–Kier alpha value is -0.0800. The summed E-state index contributed by atoms with van der Waals surface area (Å²) in [6.45, 7) is 6.13. The lowest BCUT2D eigenvalue weighted by Gasteiger charge is -2.25. The van der Waals surface area contributed by atoms with Crippen LogP contribution in [0.3, 0.4) is 0 Å². The Kier molecular flexibility index (Phi) is 1.29. The SMILES string of the molecule is CC1COC2CCOC12C. The minimum atomic E-state index is 0.0417. The maximum absolute atomic E-state index is 5.65. The molecule has 3 atom stereocenters. The first-order chi connectivity index (χ1) is 4.73. The van der Waals surface area contributed by atoms with Gasteiger partial charge in [0, 0.05) is 5.92 Å². The highest BCUT2D eigenvalue weighted by molar-refractivity contribution is 4.98. The Balaban J connectivity index is 2.21. The van der Waals surface area contributed by atoms with Gasteiger partial charge in [0.2, 0.25) is 0 Å². The molecule has 0 aromatic carbocycles. The molecule has 0 aromatic rings. The molecule has 2 fully saturated rings. The smallest absolute Gasteiger partial charge is 0.0963 e. The van der Waals surface area contributed by atoms with Crippen LogP contribution in [-0.4, -0.2) is 24.9 Å². The lowest BCUT2D eigenvalue weighted by atomic mass is 9.89. The van der Waals surface area contributed by atoms with Crippen molar-refractivity contribution in [2.45, 2.75) is 32.0 Å². The molecule has 2 saturated heterocycles. The Morgan fingerprint density at radius 2 is 2.30 bits per heavy atom. The van der Waals surface area contributed by atoms with E-state index in [2.05, 4.69) is 13.8 Å². The number of fused-ring (bicyclic) bond motifs is 1. The third kappa shape index (κ3) is 0.663. The van der Waals surface area contributed by atoms with Gasteiger partial charge in [-0.3, -0.25) is 0 Å². The molecule has 2 nitrogen and oxygen atoms in total. The molecule has 58 valence electrons. The summed E-state index contributed by atoms with van der Waals surface area (Å²) in [7, 11) is 0. The minimum absolute atomic E-state index is 0.0417. The number of rotatable bonds is 0. The zero-order valence-corrected chi connectivity index (χ0v) is 6.59. The highest BCUT2D eigenvalue weighted by atomic mass is 16.6. The number of hydrogen-bond acceptors (Lipinski definition) is 2. The molecule has 2 rings (SSSR count). The molecule has 3 unspecified atom stereocenters. The lowest BCUT2D eigenvalue weighted by Crippen LogP contribution is -2.36. The van der Waals surface area contributed by atoms with Gasteiger partial charge < -0.3 is 9.47 Å². The quantitative estimate of drug-likeness (QED) is 0.506. The van der Waals surface area contributed by atoms with E-state index in [9.17, 15) is 0 Å². The van der Waals surface area contributed by atoms with Gasteiger partial charge in [-0.25, -0.2) is 0 Å². The van der Waals surface area contributed by atoms with E-state index in [1.807, 2.05) is 0 Å². The molecular formula is C8H14O2. The van der Waals surface area contributed by atoms with Gasteiger partial charge in [-0.15, -0.1) is 0 Å². The van der Waals surface area contributed by atoms with Crippen LogP contribution in [0.2, 0.25) is 0 Å². The molecule has 0 amide bonds. The fraction of sp³-hybridized carbons (Fsp3) is 1.00. The van der Waals surface area contributed by atoms with Gasteiger partial charge >= 0.3 is 0 Å². The van der Waals surface area contributed by atoms with Crippen LogP contribution < -0.4 is 0 Å². The molecule has 0 N–H and O–H groups in total. The van der Waals surface area contributed by atoms with E-state index < -0.39 is 0 Å². The molecule has 2 aliphatic rings. The van der Waals surface area contributed by atoms with Crippen molar-refractivity contribution in [1.82, 2.24) is 0 Å². The molecule has 0 spiro atoms. The second-order valence-corrected chi connectivity index (χ2v) is 3.54. The van der Waals surface area contributed by atoms with E-state index in [0.717, 1.165) is 19.6 Å². The summed E-state index contributed by atoms with van der Waals surface area (Å²) in [5.41, 5.74) is 0.0417. The first kappa shape index (κ1) is 6.62. The standard InChI is InChI=1S/C8H14O2/c1-6-5-9-7-3-4-10-8(6,7)2/h6-7H,3-5H2,1-2H3. The maximum Gasteiger partial charge on any atom is 0.0963 e. The van der Waals surface area contributed by atoms with Gasteiger partial charge in [-0.2, -0.15) is 0 Å². The van der Waals surface area contributed by atoms with Crippen molar-refractivity contribution in [3.05, 3.63) is 0 Å². The van der Waals surface area contributed by atoms with Crippen LogP contribution in [-0.2, 0) is 9.47 Å². The molecule has 0 aliphatic carbocycles. The van der Waals surface area contributed by atoms with Crippen LogP contribution in [0.5, 0.6) is 0 Å². The van der Waals surface area contributed by atoms with Crippen molar-refractivity contribution in [3.63, 3.8) is 0 Å². The van der Waals surface area contributed by atoms with Crippen molar-refractivity contribution in [2.75, 3.05) is 13.2 Å². The molecule has 2 aliphatic heterocycles. The minimum Gasteiger partial charge on any atom is -0.375 e. The van der Waals surface area contributed by atoms with E-state index in [1.165, 1.54) is 0 Å². The first-order valence-corrected chi connectivity index (χ1v) is 3.99. The molecule has 2 heterocycles. The van der Waals surface area contributed by atoms with E-state index in [4.69, 9.17) is 9.47 Å². The topological polar surface area (TPSA) is 18.5 Å². The zero-order valence-electron chi connectivity index (χ0n) is 6.59. The van der Waals surface area contributed by atoms with Crippen molar-refractivity contribution in [3.8, 4) is 0 Å². The molecule has 2 heteroatoms. The van der Waals surface area contributed by atoms with Gasteiger partial charge in [0.1, 0.15) is 0 Å². The van der Waals surface area contributed by atoms with Gasteiger partial charge in [0.25, 0.3) is 0 Å². The summed E-state index contributed by atoms with van der Waals surface area (Å²) in [5.74, 6) is 0.569. The van der Waals surface area contributed by atoms with E-state index in [-0.39, 0.29) is 5.60 Å². The van der Waals surface area contributed by atoms with Crippen LogP contribution in [0, 0.1) is 5.92 Å². The molecule has 0 bridgehead atoms. The summed E-state index contributed by atoms with van der Waals surface area (Å²) in [5, 5.41) is 0. The van der Waals surface area contributed by atoms with Crippen molar-refractivity contribution in [1.29, 1.82) is 0 Å². The predicted octanol–water partition coefficient (Wildman–Crippen LogP) is 1.20. The van der Waals surface area contributed by atoms with Gasteiger partial charge in [0.05, 0.1) is 24.9 Å². The van der Waals surface area contributed by atoms with E-state index >= 15 is 0 Å². The average molecular weight is 142 g/mol. The second-order valence-electron chi connectivity index (χ2n) is 3.54. The van der Waals surface area contributed by atoms with Crippen LogP contribution in [0.1, 0.15) is 20.3 Å². The third-order valence-corrected chi connectivity index (χ3v) is 2.96. The highest BCUT2D eigenvalue weighted by Crippen LogP contribution is 2.40. The lowest BCUT2D eigenvalue weighted by molar-refractivity contribution is -0.0240. The van der Waals surface area contributed by atoms with Gasteiger partial charge in [-0.1, -0.05) is 6.92 Å². The summed E-state index contributed by atoms with van der Waals surface area (Å²) in [6.07, 6.45) is 1.46. The Bertz CT molecular complexity index is 146. The number of hydrogen-bond donors (Lipinski definition) is 0. The second kappa shape index (κ2) is 1.95. The van der Waals surface area contributed by atoms with E-state index in [1.54, 1.807) is 0 Å². The Morgan fingerprint density at radius 1 is 1.50 bits per heavy atom. The van der Waals surface area contributed by atoms with Crippen LogP contribution in [0.25, 0.3) is 0 Å². The fourth-order valence-electron chi connectivity index (χ4n) is 1.90. The molecule has 0 radical (unpaired) electrons. The Labute approximate surface area is 61.5 Å². The normalized spacial score (nSPS) is 53.4. The predicted molar refractivity (Wildman–Crippen MR) is 37.9 cm³/mol. The van der Waals surface area contributed by atoms with Crippen molar-refractivity contribution in [2.24, 2.45) is 5.92 Å². The molecule has 10 heavy (non-hydrogen) atoms. The third-order valence-electron chi connectivity index (χ3n) is 2.96. The molecule has 0 aromatic heterocycles. The van der Waals surface area contributed by atoms with Crippen LogP contribution >= 0.6 is 0 Å². The zero-order chi connectivity index (χ0) is 7.19. The van der Waals surface area contributed by atoms with Crippen LogP contribution in [0.4, 0.5) is 0 Å². The number of ether oxygens (including phenoxy) is 2. The first-order valence-electron chi connectivity index (χ1n) is 3.99. The summed E-state index contributed by atoms with van der Waals surface area (Å²) in [6, 6.07) is 0. The fourth-order valence-corrected chi connectivity index (χ4v) is 1.90. The Morgan fingerprint density at radius 3 is 3.00 bits per heavy atom. The highest BCUT2D eigenvalue weighted by Gasteiger charge is 2.49. The summed E-state index contributed by atoms with van der Waals surface area (Å²) >= 11 is 0. The van der Waals surface area contributed by atoms with Crippen molar-refractivity contribution >= 4 is 0 Å². The van der Waals surface area contributed by atoms with E-state index in [0.29, 0.717) is 12.0 Å². The van der Waals surface area contributed by atoms with Crippen LogP contribution in [0.15, 0.2) is 0 Å². The van der Waals surface area contributed by atoms with Gasteiger partial charge in [-0.05, 0) is 13.3 Å². The van der Waals surface area contributed by atoms with Crippen molar-refractivity contribution < 1.29 is 9.47 Å².